The summed E-state index contributed by atoms with van der Waals surface area (Å²) in [5, 5.41) is 14.0. The Morgan fingerprint density at radius 2 is 0.667 bits per heavy atom. The van der Waals surface area contributed by atoms with Crippen molar-refractivity contribution in [2.45, 2.75) is 405 Å². The summed E-state index contributed by atoms with van der Waals surface area (Å²) in [4.78, 5) is 25.7. The van der Waals surface area contributed by atoms with Crippen LogP contribution in [0.5, 0.6) is 0 Å². The summed E-state index contributed by atoms with van der Waals surface area (Å²) in [6, 6.07) is -0.884. The van der Waals surface area contributed by atoms with Gasteiger partial charge in [-0.05, 0) is 19.3 Å². The highest BCUT2D eigenvalue weighted by Crippen LogP contribution is 2.38. The lowest BCUT2D eigenvalue weighted by Crippen LogP contribution is -2.45. The number of rotatable bonds is 69. The molecule has 0 bridgehead atoms. The van der Waals surface area contributed by atoms with Gasteiger partial charge in [-0.1, -0.05) is 379 Å². The third kappa shape index (κ3) is 66.6. The number of aliphatic hydroxyl groups is 1. The van der Waals surface area contributed by atoms with Gasteiger partial charge in [-0.2, -0.15) is 0 Å². The first-order valence-electron chi connectivity index (χ1n) is 36.6. The van der Waals surface area contributed by atoms with Crippen molar-refractivity contribution in [2.75, 3.05) is 40.9 Å². The minimum atomic E-state index is -4.60. The summed E-state index contributed by atoms with van der Waals surface area (Å²) in [6.45, 7) is 4.73. The van der Waals surface area contributed by atoms with Gasteiger partial charge >= 0.3 is 0 Å². The first-order chi connectivity index (χ1) is 39.5. The molecule has 0 saturated heterocycles. The number of phosphoric acid groups is 1. The van der Waals surface area contributed by atoms with Gasteiger partial charge in [0.15, 0.2) is 0 Å². The molecular formula is C72H145N2O6P. The van der Waals surface area contributed by atoms with Crippen molar-refractivity contribution < 1.29 is 32.9 Å². The molecular weight excluding hydrogens is 1020 g/mol. The molecule has 0 saturated carbocycles. The van der Waals surface area contributed by atoms with Crippen LogP contribution in [0, 0.1) is 0 Å². The van der Waals surface area contributed by atoms with Gasteiger partial charge in [0.05, 0.1) is 39.9 Å². The van der Waals surface area contributed by atoms with Gasteiger partial charge in [-0.3, -0.25) is 9.36 Å². The number of hydrogen-bond donors (Lipinski definition) is 2. The Kier molecular flexibility index (Phi) is 63.1. The largest absolute Gasteiger partial charge is 0.756 e. The molecule has 0 aliphatic heterocycles. The summed E-state index contributed by atoms with van der Waals surface area (Å²) in [5.41, 5.74) is 0. The number of aliphatic hydroxyl groups excluding tert-OH is 1. The Morgan fingerprint density at radius 3 is 0.926 bits per heavy atom. The molecule has 81 heavy (non-hydrogen) atoms. The van der Waals surface area contributed by atoms with Crippen molar-refractivity contribution in [3.05, 3.63) is 12.2 Å². The zero-order valence-electron chi connectivity index (χ0n) is 55.5. The predicted octanol–water partition coefficient (Wildman–Crippen LogP) is 22.7. The number of carbonyl (C=O) groups is 1. The van der Waals surface area contributed by atoms with E-state index in [1.807, 2.05) is 27.2 Å². The molecule has 2 N–H and O–H groups in total. The number of carbonyl (C=O) groups excluding carboxylic acids is 1. The van der Waals surface area contributed by atoms with Gasteiger partial charge < -0.3 is 28.8 Å². The molecule has 0 rings (SSSR count). The maximum absolute atomic E-state index is 13.0. The maximum Gasteiger partial charge on any atom is 0.268 e. The van der Waals surface area contributed by atoms with Crippen molar-refractivity contribution in [1.29, 1.82) is 0 Å². The molecule has 3 atom stereocenters. The Balaban J connectivity index is 4.00. The average Bonchev–Trinajstić information content (AvgIpc) is 3.43. The second-order valence-corrected chi connectivity index (χ2v) is 28.1. The second-order valence-electron chi connectivity index (χ2n) is 26.7. The van der Waals surface area contributed by atoms with Crippen LogP contribution >= 0.6 is 7.82 Å². The van der Waals surface area contributed by atoms with Crippen LogP contribution in [0.25, 0.3) is 0 Å². The SMILES string of the molecule is CCCCCCCCCCCCCCCCCCCCCCCCCCCC/C=C/C(O)C(COP(=O)([O-])OCC[N+](C)(C)C)NC(=O)CCCCCCCCCCCCCCCCCCCCCCCCCCCCCCCCC. The van der Waals surface area contributed by atoms with E-state index >= 15 is 0 Å². The third-order valence-corrected chi connectivity index (χ3v) is 18.2. The summed E-state index contributed by atoms with van der Waals surface area (Å²) >= 11 is 0. The zero-order chi connectivity index (χ0) is 59.1. The van der Waals surface area contributed by atoms with E-state index in [-0.39, 0.29) is 19.1 Å². The monoisotopic (exact) mass is 1170 g/mol. The van der Waals surface area contributed by atoms with E-state index in [2.05, 4.69) is 19.2 Å². The second kappa shape index (κ2) is 63.7. The fraction of sp³-hybridized carbons (Fsp3) is 0.958. The van der Waals surface area contributed by atoms with Gasteiger partial charge in [0.25, 0.3) is 7.82 Å². The number of likely N-dealkylation sites (N-methyl/N-ethyl adjacent to an activating group) is 1. The number of phosphoric ester groups is 1. The molecule has 9 heteroatoms. The number of nitrogens with zero attached hydrogens (tertiary/aromatic N) is 1. The van der Waals surface area contributed by atoms with Crippen molar-refractivity contribution in [2.24, 2.45) is 0 Å². The first kappa shape index (κ1) is 80.2. The minimum Gasteiger partial charge on any atom is -0.756 e. The third-order valence-electron chi connectivity index (χ3n) is 17.2. The van der Waals surface area contributed by atoms with E-state index in [4.69, 9.17) is 9.05 Å². The predicted molar refractivity (Wildman–Crippen MR) is 353 cm³/mol. The standard InChI is InChI=1S/C72H145N2O6P/c1-6-8-10-12-14-16-18-20-22-24-26-28-30-32-34-36-37-38-40-42-44-46-48-50-52-54-56-58-60-62-64-66-72(76)73-70(69-80-81(77,78)79-68-67-74(3,4)5)71(75)65-63-61-59-57-55-53-51-49-47-45-43-41-39-35-33-31-29-27-25-23-21-19-17-15-13-11-9-7-2/h63,65,70-71,75H,6-62,64,66-69H2,1-5H3,(H-,73,76,77,78)/b65-63+. The minimum absolute atomic E-state index is 0.00307. The van der Waals surface area contributed by atoms with Crippen LogP contribution in [0.4, 0.5) is 0 Å². The van der Waals surface area contributed by atoms with Crippen molar-refractivity contribution in [3.8, 4) is 0 Å². The van der Waals surface area contributed by atoms with Gasteiger partial charge in [0, 0.05) is 6.42 Å². The fourth-order valence-electron chi connectivity index (χ4n) is 11.6. The molecule has 0 radical (unpaired) electrons. The maximum atomic E-state index is 13.0. The van der Waals surface area contributed by atoms with Crippen LogP contribution in [0.3, 0.4) is 0 Å². The van der Waals surface area contributed by atoms with Crippen molar-refractivity contribution >= 4 is 13.7 Å². The topological polar surface area (TPSA) is 108 Å². The van der Waals surface area contributed by atoms with E-state index in [0.717, 1.165) is 38.5 Å². The van der Waals surface area contributed by atoms with Crippen molar-refractivity contribution in [1.82, 2.24) is 5.32 Å². The number of unbranched alkanes of at least 4 members (excludes halogenated alkanes) is 56. The van der Waals surface area contributed by atoms with Crippen molar-refractivity contribution in [3.63, 3.8) is 0 Å². The number of amides is 1. The van der Waals surface area contributed by atoms with Crippen LogP contribution in [0.2, 0.25) is 0 Å². The summed E-state index contributed by atoms with van der Waals surface area (Å²) in [5.74, 6) is -0.187. The Morgan fingerprint density at radius 1 is 0.420 bits per heavy atom. The molecule has 8 nitrogen and oxygen atoms in total. The van der Waals surface area contributed by atoms with E-state index in [1.165, 1.54) is 334 Å². The summed E-state index contributed by atoms with van der Waals surface area (Å²) in [6.07, 6.45) is 82.1. The zero-order valence-corrected chi connectivity index (χ0v) is 56.4. The van der Waals surface area contributed by atoms with Crippen LogP contribution in [-0.2, 0) is 18.4 Å². The smallest absolute Gasteiger partial charge is 0.268 e. The Labute approximate surface area is 507 Å². The average molecular weight is 1170 g/mol. The molecule has 0 aromatic carbocycles. The molecule has 0 spiro atoms. The Bertz CT molecular complexity index is 1320. The highest BCUT2D eigenvalue weighted by molar-refractivity contribution is 7.45. The number of allylic oxidation sites excluding steroid dienone is 1. The van der Waals surface area contributed by atoms with Crippen LogP contribution in [0.15, 0.2) is 12.2 Å². The lowest BCUT2D eigenvalue weighted by molar-refractivity contribution is -0.870. The van der Waals surface area contributed by atoms with E-state index in [9.17, 15) is 19.4 Å². The van der Waals surface area contributed by atoms with Gasteiger partial charge in [0.1, 0.15) is 13.2 Å². The van der Waals surface area contributed by atoms with Crippen LogP contribution in [0.1, 0.15) is 393 Å². The first-order valence-corrected chi connectivity index (χ1v) is 38.0. The number of hydrogen-bond acceptors (Lipinski definition) is 6. The highest BCUT2D eigenvalue weighted by atomic mass is 31.2. The highest BCUT2D eigenvalue weighted by Gasteiger charge is 2.23. The Hall–Kier alpha value is -0.760. The van der Waals surface area contributed by atoms with Gasteiger partial charge in [-0.25, -0.2) is 0 Å². The molecule has 0 aliphatic carbocycles. The summed E-state index contributed by atoms with van der Waals surface area (Å²) < 4.78 is 23.5. The van der Waals surface area contributed by atoms with E-state index in [0.29, 0.717) is 17.4 Å². The van der Waals surface area contributed by atoms with Crippen LogP contribution in [-0.4, -0.2) is 68.5 Å². The molecule has 0 aromatic heterocycles. The molecule has 0 heterocycles. The number of quaternary nitrogens is 1. The molecule has 0 aromatic rings. The van der Waals surface area contributed by atoms with E-state index < -0.39 is 20.0 Å². The molecule has 0 fully saturated rings. The van der Waals surface area contributed by atoms with E-state index in [1.54, 1.807) is 6.08 Å². The van der Waals surface area contributed by atoms with Crippen LogP contribution < -0.4 is 10.2 Å². The molecule has 484 valence electrons. The molecule has 1 amide bonds. The molecule has 0 aliphatic rings. The van der Waals surface area contributed by atoms with Gasteiger partial charge in [0.2, 0.25) is 5.91 Å². The fourth-order valence-corrected chi connectivity index (χ4v) is 12.3. The quantitative estimate of drug-likeness (QED) is 0.0272. The lowest BCUT2D eigenvalue weighted by atomic mass is 10.0. The lowest BCUT2D eigenvalue weighted by Gasteiger charge is -2.29. The number of nitrogens with one attached hydrogen (secondary N) is 1. The summed E-state index contributed by atoms with van der Waals surface area (Å²) in [7, 11) is 1.29. The molecule has 3 unspecified atom stereocenters. The normalized spacial score (nSPS) is 13.6. The van der Waals surface area contributed by atoms with Gasteiger partial charge in [-0.15, -0.1) is 0 Å².